The van der Waals surface area contributed by atoms with Crippen molar-refractivity contribution in [2.45, 2.75) is 45.4 Å². The molecular formula is C19H25NO2. The predicted octanol–water partition coefficient (Wildman–Crippen LogP) is 3.38. The molecule has 0 radical (unpaired) electrons. The summed E-state index contributed by atoms with van der Waals surface area (Å²) in [6.07, 6.45) is 0.0866. The quantitative estimate of drug-likeness (QED) is 0.859. The van der Waals surface area contributed by atoms with Crippen LogP contribution in [0.5, 0.6) is 5.75 Å². The monoisotopic (exact) mass is 299 g/mol. The second-order valence-electron chi connectivity index (χ2n) is 6.33. The van der Waals surface area contributed by atoms with Crippen LogP contribution >= 0.6 is 0 Å². The molecule has 0 saturated heterocycles. The van der Waals surface area contributed by atoms with E-state index in [-0.39, 0.29) is 0 Å². The minimum Gasteiger partial charge on any atom is -0.489 e. The summed E-state index contributed by atoms with van der Waals surface area (Å²) in [5.74, 6) is 0.792. The SMILES string of the molecule is CC(O)Cc1c(OCc2ccccc2)cccc1C(C)(C)N. The van der Waals surface area contributed by atoms with Gasteiger partial charge >= 0.3 is 0 Å². The van der Waals surface area contributed by atoms with Gasteiger partial charge in [-0.3, -0.25) is 0 Å². The molecular weight excluding hydrogens is 274 g/mol. The molecule has 0 aliphatic heterocycles. The maximum absolute atomic E-state index is 9.81. The molecule has 22 heavy (non-hydrogen) atoms. The molecule has 0 amide bonds. The standard InChI is InChI=1S/C19H25NO2/c1-14(21)12-16-17(19(2,3)20)10-7-11-18(16)22-13-15-8-5-4-6-9-15/h4-11,14,21H,12-13,20H2,1-3H3. The highest BCUT2D eigenvalue weighted by Gasteiger charge is 2.22. The fourth-order valence-electron chi connectivity index (χ4n) is 2.55. The molecule has 0 aliphatic carbocycles. The van der Waals surface area contributed by atoms with Crippen molar-refractivity contribution >= 4 is 0 Å². The van der Waals surface area contributed by atoms with E-state index in [1.54, 1.807) is 6.92 Å². The van der Waals surface area contributed by atoms with Gasteiger partial charge in [0, 0.05) is 17.5 Å². The fraction of sp³-hybridized carbons (Fsp3) is 0.368. The van der Waals surface area contributed by atoms with Crippen LogP contribution < -0.4 is 10.5 Å². The molecule has 1 atom stereocenters. The zero-order chi connectivity index (χ0) is 16.2. The van der Waals surface area contributed by atoms with Gasteiger partial charge in [0.2, 0.25) is 0 Å². The van der Waals surface area contributed by atoms with Crippen molar-refractivity contribution < 1.29 is 9.84 Å². The molecule has 2 aromatic rings. The van der Waals surface area contributed by atoms with Gasteiger partial charge in [0.05, 0.1) is 6.10 Å². The topological polar surface area (TPSA) is 55.5 Å². The molecule has 0 aromatic heterocycles. The smallest absolute Gasteiger partial charge is 0.123 e. The first-order valence-electron chi connectivity index (χ1n) is 7.64. The minimum absolute atomic E-state index is 0.442. The first kappa shape index (κ1) is 16.5. The average molecular weight is 299 g/mol. The van der Waals surface area contributed by atoms with E-state index in [0.717, 1.165) is 22.4 Å². The number of aliphatic hydroxyl groups excluding tert-OH is 1. The van der Waals surface area contributed by atoms with Crippen molar-refractivity contribution in [3.63, 3.8) is 0 Å². The summed E-state index contributed by atoms with van der Waals surface area (Å²) in [5, 5.41) is 9.81. The summed E-state index contributed by atoms with van der Waals surface area (Å²) >= 11 is 0. The third kappa shape index (κ3) is 4.33. The van der Waals surface area contributed by atoms with Gasteiger partial charge in [-0.05, 0) is 38.0 Å². The van der Waals surface area contributed by atoms with Crippen molar-refractivity contribution in [2.75, 3.05) is 0 Å². The number of ether oxygens (including phenoxy) is 1. The number of benzene rings is 2. The van der Waals surface area contributed by atoms with E-state index in [4.69, 9.17) is 10.5 Å². The van der Waals surface area contributed by atoms with Crippen molar-refractivity contribution in [2.24, 2.45) is 5.73 Å². The normalized spacial score (nSPS) is 13.0. The largest absolute Gasteiger partial charge is 0.489 e. The molecule has 2 rings (SSSR count). The molecule has 0 aliphatic rings. The summed E-state index contributed by atoms with van der Waals surface area (Å²) in [7, 11) is 0. The van der Waals surface area contributed by atoms with E-state index in [0.29, 0.717) is 13.0 Å². The van der Waals surface area contributed by atoms with Crippen LogP contribution in [0.1, 0.15) is 37.5 Å². The predicted molar refractivity (Wildman–Crippen MR) is 89.8 cm³/mol. The molecule has 0 spiro atoms. The Kier molecular flexibility index (Phi) is 5.22. The highest BCUT2D eigenvalue weighted by molar-refractivity contribution is 5.44. The van der Waals surface area contributed by atoms with Gasteiger partial charge in [-0.25, -0.2) is 0 Å². The van der Waals surface area contributed by atoms with E-state index in [1.165, 1.54) is 0 Å². The summed E-state index contributed by atoms with van der Waals surface area (Å²) < 4.78 is 5.99. The molecule has 0 fully saturated rings. The lowest BCUT2D eigenvalue weighted by molar-refractivity contribution is 0.192. The molecule has 118 valence electrons. The molecule has 0 bridgehead atoms. The number of aliphatic hydroxyl groups is 1. The van der Waals surface area contributed by atoms with Crippen LogP contribution in [0.4, 0.5) is 0 Å². The Labute approximate surface area is 132 Å². The highest BCUT2D eigenvalue weighted by atomic mass is 16.5. The lowest BCUT2D eigenvalue weighted by Gasteiger charge is -2.25. The Hall–Kier alpha value is -1.84. The fourth-order valence-corrected chi connectivity index (χ4v) is 2.55. The van der Waals surface area contributed by atoms with Crippen LogP contribution in [0.2, 0.25) is 0 Å². The van der Waals surface area contributed by atoms with Gasteiger partial charge in [0.15, 0.2) is 0 Å². The summed E-state index contributed by atoms with van der Waals surface area (Å²) in [6.45, 7) is 6.22. The summed E-state index contributed by atoms with van der Waals surface area (Å²) in [4.78, 5) is 0. The van der Waals surface area contributed by atoms with Crippen LogP contribution in [-0.4, -0.2) is 11.2 Å². The second-order valence-corrected chi connectivity index (χ2v) is 6.33. The third-order valence-electron chi connectivity index (χ3n) is 3.56. The zero-order valence-electron chi connectivity index (χ0n) is 13.5. The van der Waals surface area contributed by atoms with Gasteiger partial charge in [0.1, 0.15) is 12.4 Å². The molecule has 3 N–H and O–H groups in total. The number of hydrogen-bond acceptors (Lipinski definition) is 3. The molecule has 3 heteroatoms. The Bertz CT molecular complexity index is 601. The average Bonchev–Trinajstić information content (AvgIpc) is 2.45. The van der Waals surface area contributed by atoms with Crippen molar-refractivity contribution in [1.29, 1.82) is 0 Å². The molecule has 0 heterocycles. The van der Waals surface area contributed by atoms with Gasteiger partial charge in [0.25, 0.3) is 0 Å². The Morgan fingerprint density at radius 3 is 2.36 bits per heavy atom. The van der Waals surface area contributed by atoms with Crippen molar-refractivity contribution in [3.8, 4) is 5.75 Å². The van der Waals surface area contributed by atoms with Crippen LogP contribution in [0.3, 0.4) is 0 Å². The van der Waals surface area contributed by atoms with Crippen molar-refractivity contribution in [3.05, 3.63) is 65.2 Å². The lowest BCUT2D eigenvalue weighted by atomic mass is 9.88. The number of rotatable bonds is 6. The highest BCUT2D eigenvalue weighted by Crippen LogP contribution is 2.30. The lowest BCUT2D eigenvalue weighted by Crippen LogP contribution is -2.30. The second kappa shape index (κ2) is 6.95. The van der Waals surface area contributed by atoms with Crippen LogP contribution in [0, 0.1) is 0 Å². The molecule has 1 unspecified atom stereocenters. The van der Waals surface area contributed by atoms with Crippen molar-refractivity contribution in [1.82, 2.24) is 0 Å². The molecule has 2 aromatic carbocycles. The summed E-state index contributed by atoms with van der Waals surface area (Å²) in [5.41, 5.74) is 8.91. The summed E-state index contributed by atoms with van der Waals surface area (Å²) in [6, 6.07) is 15.9. The van der Waals surface area contributed by atoms with Crippen LogP contribution in [0.15, 0.2) is 48.5 Å². The Morgan fingerprint density at radius 1 is 1.09 bits per heavy atom. The number of hydrogen-bond donors (Lipinski definition) is 2. The van der Waals surface area contributed by atoms with Crippen LogP contribution in [-0.2, 0) is 18.6 Å². The van der Waals surface area contributed by atoms with E-state index < -0.39 is 11.6 Å². The maximum Gasteiger partial charge on any atom is 0.123 e. The number of nitrogens with two attached hydrogens (primary N) is 1. The molecule has 3 nitrogen and oxygen atoms in total. The van der Waals surface area contributed by atoms with Gasteiger partial charge in [-0.2, -0.15) is 0 Å². The van der Waals surface area contributed by atoms with Gasteiger partial charge in [-0.1, -0.05) is 42.5 Å². The molecule has 0 saturated carbocycles. The Morgan fingerprint density at radius 2 is 1.77 bits per heavy atom. The maximum atomic E-state index is 9.81. The van der Waals surface area contributed by atoms with E-state index in [9.17, 15) is 5.11 Å². The first-order chi connectivity index (χ1) is 10.4. The third-order valence-corrected chi connectivity index (χ3v) is 3.56. The van der Waals surface area contributed by atoms with E-state index in [1.807, 2.05) is 62.4 Å². The first-order valence-corrected chi connectivity index (χ1v) is 7.64. The van der Waals surface area contributed by atoms with E-state index in [2.05, 4.69) is 0 Å². The minimum atomic E-state index is -0.476. The van der Waals surface area contributed by atoms with Gasteiger partial charge < -0.3 is 15.6 Å². The van der Waals surface area contributed by atoms with Crippen LogP contribution in [0.25, 0.3) is 0 Å². The Balaban J connectivity index is 2.29. The van der Waals surface area contributed by atoms with E-state index >= 15 is 0 Å². The van der Waals surface area contributed by atoms with Gasteiger partial charge in [-0.15, -0.1) is 0 Å². The zero-order valence-corrected chi connectivity index (χ0v) is 13.5.